The summed E-state index contributed by atoms with van der Waals surface area (Å²) in [6.07, 6.45) is 3.69. The molecule has 1 aliphatic rings. The quantitative estimate of drug-likeness (QED) is 0.843. The van der Waals surface area contributed by atoms with Gasteiger partial charge in [0, 0.05) is 24.7 Å². The number of carbonyl (C=O) groups is 1. The maximum atomic E-state index is 11.2. The molecule has 1 aliphatic heterocycles. The fourth-order valence-corrected chi connectivity index (χ4v) is 3.07. The van der Waals surface area contributed by atoms with Gasteiger partial charge in [0.2, 0.25) is 5.91 Å². The Labute approximate surface area is 127 Å². The molecule has 1 fully saturated rings. The van der Waals surface area contributed by atoms with Crippen molar-refractivity contribution in [3.05, 3.63) is 34.9 Å². The molecule has 1 aromatic rings. The van der Waals surface area contributed by atoms with Crippen molar-refractivity contribution in [1.29, 1.82) is 0 Å². The molecule has 0 spiro atoms. The van der Waals surface area contributed by atoms with Gasteiger partial charge in [0.05, 0.1) is 0 Å². The van der Waals surface area contributed by atoms with Crippen LogP contribution in [0.15, 0.2) is 18.2 Å². The number of carbonyl (C=O) groups excluding carboxylic acids is 1. The Hall–Kier alpha value is -1.39. The number of primary amides is 1. The third kappa shape index (κ3) is 4.29. The zero-order valence-electron chi connectivity index (χ0n) is 13.2. The SMILES string of the molecule is CCCN(Cc1ccc(C(N)=O)cc1C)C1CCCNC1. The van der Waals surface area contributed by atoms with Gasteiger partial charge in [0.1, 0.15) is 0 Å². The van der Waals surface area contributed by atoms with Gasteiger partial charge in [-0.25, -0.2) is 0 Å². The lowest BCUT2D eigenvalue weighted by Gasteiger charge is -2.35. The number of nitrogens with two attached hydrogens (primary N) is 1. The van der Waals surface area contributed by atoms with Crippen molar-refractivity contribution in [2.75, 3.05) is 19.6 Å². The summed E-state index contributed by atoms with van der Waals surface area (Å²) in [5, 5.41) is 3.50. The smallest absolute Gasteiger partial charge is 0.248 e. The minimum atomic E-state index is -0.355. The lowest BCUT2D eigenvalue weighted by molar-refractivity contribution is 0.1000. The van der Waals surface area contributed by atoms with Crippen molar-refractivity contribution in [1.82, 2.24) is 10.2 Å². The molecule has 2 rings (SSSR count). The molecule has 0 aliphatic carbocycles. The van der Waals surface area contributed by atoms with Gasteiger partial charge in [0.25, 0.3) is 0 Å². The van der Waals surface area contributed by atoms with E-state index in [0.29, 0.717) is 11.6 Å². The van der Waals surface area contributed by atoms with Crippen LogP contribution in [0.5, 0.6) is 0 Å². The number of amides is 1. The fraction of sp³-hybridized carbons (Fsp3) is 0.588. The first-order valence-electron chi connectivity index (χ1n) is 7.96. The van der Waals surface area contributed by atoms with Crippen LogP contribution in [0, 0.1) is 6.92 Å². The third-order valence-corrected chi connectivity index (χ3v) is 4.30. The van der Waals surface area contributed by atoms with Crippen LogP contribution in [-0.4, -0.2) is 36.5 Å². The highest BCUT2D eigenvalue weighted by Gasteiger charge is 2.20. The van der Waals surface area contributed by atoms with E-state index < -0.39 is 0 Å². The van der Waals surface area contributed by atoms with Crippen molar-refractivity contribution >= 4 is 5.91 Å². The van der Waals surface area contributed by atoms with Crippen LogP contribution in [0.2, 0.25) is 0 Å². The van der Waals surface area contributed by atoms with Crippen LogP contribution < -0.4 is 11.1 Å². The third-order valence-electron chi connectivity index (χ3n) is 4.30. The molecule has 116 valence electrons. The fourth-order valence-electron chi connectivity index (χ4n) is 3.07. The highest BCUT2D eigenvalue weighted by Crippen LogP contribution is 2.18. The molecule has 1 aromatic carbocycles. The molecule has 21 heavy (non-hydrogen) atoms. The van der Waals surface area contributed by atoms with Crippen LogP contribution in [0.4, 0.5) is 0 Å². The summed E-state index contributed by atoms with van der Waals surface area (Å²) < 4.78 is 0. The van der Waals surface area contributed by atoms with Crippen LogP contribution in [0.1, 0.15) is 47.7 Å². The number of benzene rings is 1. The highest BCUT2D eigenvalue weighted by molar-refractivity contribution is 5.93. The van der Waals surface area contributed by atoms with E-state index in [1.807, 2.05) is 18.2 Å². The Morgan fingerprint density at radius 1 is 1.48 bits per heavy atom. The van der Waals surface area contributed by atoms with Crippen LogP contribution in [0.3, 0.4) is 0 Å². The molecule has 1 amide bonds. The zero-order valence-corrected chi connectivity index (χ0v) is 13.2. The predicted octanol–water partition coefficient (Wildman–Crippen LogP) is 2.06. The largest absolute Gasteiger partial charge is 0.366 e. The lowest BCUT2D eigenvalue weighted by atomic mass is 10.0. The first kappa shape index (κ1) is 16.0. The molecule has 3 N–H and O–H groups in total. The Morgan fingerprint density at radius 2 is 2.29 bits per heavy atom. The molecule has 0 saturated carbocycles. The summed E-state index contributed by atoms with van der Waals surface area (Å²) in [6.45, 7) is 8.58. The lowest BCUT2D eigenvalue weighted by Crippen LogP contribution is -2.46. The summed E-state index contributed by atoms with van der Waals surface area (Å²) in [6, 6.07) is 6.41. The molecule has 1 atom stereocenters. The molecule has 1 saturated heterocycles. The Kier molecular flexibility index (Phi) is 5.76. The number of hydrogen-bond donors (Lipinski definition) is 2. The number of piperidine rings is 1. The molecule has 1 heterocycles. The summed E-state index contributed by atoms with van der Waals surface area (Å²) >= 11 is 0. The van der Waals surface area contributed by atoms with Gasteiger partial charge >= 0.3 is 0 Å². The molecule has 0 aromatic heterocycles. The van der Waals surface area contributed by atoms with Gasteiger partial charge in [-0.2, -0.15) is 0 Å². The number of hydrogen-bond acceptors (Lipinski definition) is 3. The van der Waals surface area contributed by atoms with Gasteiger partial charge < -0.3 is 11.1 Å². The normalized spacial score (nSPS) is 18.9. The van der Waals surface area contributed by atoms with E-state index in [9.17, 15) is 4.79 Å². The summed E-state index contributed by atoms with van der Waals surface area (Å²) in [5.74, 6) is -0.355. The maximum absolute atomic E-state index is 11.2. The van der Waals surface area contributed by atoms with Gasteiger partial charge in [-0.15, -0.1) is 0 Å². The maximum Gasteiger partial charge on any atom is 0.248 e. The van der Waals surface area contributed by atoms with Crippen LogP contribution in [0.25, 0.3) is 0 Å². The molecule has 0 radical (unpaired) electrons. The van der Waals surface area contributed by atoms with Gasteiger partial charge in [-0.3, -0.25) is 9.69 Å². The van der Waals surface area contributed by atoms with Gasteiger partial charge in [0.15, 0.2) is 0 Å². The second kappa shape index (κ2) is 7.57. The van der Waals surface area contributed by atoms with E-state index in [0.717, 1.165) is 38.2 Å². The Balaban J connectivity index is 2.10. The van der Waals surface area contributed by atoms with Crippen molar-refractivity contribution in [2.24, 2.45) is 5.73 Å². The van der Waals surface area contributed by atoms with Crippen LogP contribution in [-0.2, 0) is 6.54 Å². The average Bonchev–Trinajstić information content (AvgIpc) is 2.49. The minimum Gasteiger partial charge on any atom is -0.366 e. The van der Waals surface area contributed by atoms with Crippen molar-refractivity contribution in [3.63, 3.8) is 0 Å². The van der Waals surface area contributed by atoms with Crippen molar-refractivity contribution in [2.45, 2.75) is 45.7 Å². The standard InChI is InChI=1S/C17H27N3O/c1-3-9-20(16-5-4-8-19-11-16)12-15-7-6-14(17(18)21)10-13(15)2/h6-7,10,16,19H,3-5,8-9,11-12H2,1-2H3,(H2,18,21). The van der Waals surface area contributed by atoms with E-state index in [-0.39, 0.29) is 5.91 Å². The second-order valence-electron chi connectivity index (χ2n) is 5.98. The first-order chi connectivity index (χ1) is 10.1. The van der Waals surface area contributed by atoms with Crippen LogP contribution >= 0.6 is 0 Å². The molecule has 0 bridgehead atoms. The van der Waals surface area contributed by atoms with Crippen molar-refractivity contribution in [3.8, 4) is 0 Å². The highest BCUT2D eigenvalue weighted by atomic mass is 16.1. The number of rotatable bonds is 6. The monoisotopic (exact) mass is 289 g/mol. The number of aryl methyl sites for hydroxylation is 1. The molecule has 1 unspecified atom stereocenters. The minimum absolute atomic E-state index is 0.355. The molecule has 4 nitrogen and oxygen atoms in total. The van der Waals surface area contributed by atoms with Gasteiger partial charge in [-0.05, 0) is 62.5 Å². The zero-order chi connectivity index (χ0) is 15.2. The summed E-state index contributed by atoms with van der Waals surface area (Å²) in [7, 11) is 0. The van der Waals surface area contributed by atoms with E-state index in [1.54, 1.807) is 0 Å². The average molecular weight is 289 g/mol. The molecular weight excluding hydrogens is 262 g/mol. The van der Waals surface area contributed by atoms with Gasteiger partial charge in [-0.1, -0.05) is 13.0 Å². The van der Waals surface area contributed by atoms with E-state index in [4.69, 9.17) is 5.73 Å². The summed E-state index contributed by atoms with van der Waals surface area (Å²) in [4.78, 5) is 13.8. The van der Waals surface area contributed by atoms with E-state index in [2.05, 4.69) is 24.1 Å². The Bertz CT molecular complexity index is 481. The second-order valence-corrected chi connectivity index (χ2v) is 5.98. The first-order valence-corrected chi connectivity index (χ1v) is 7.96. The summed E-state index contributed by atoms with van der Waals surface area (Å²) in [5.41, 5.74) is 8.38. The topological polar surface area (TPSA) is 58.4 Å². The number of nitrogens with zero attached hydrogens (tertiary/aromatic N) is 1. The van der Waals surface area contributed by atoms with E-state index >= 15 is 0 Å². The van der Waals surface area contributed by atoms with E-state index in [1.165, 1.54) is 18.4 Å². The number of nitrogens with one attached hydrogen (secondary N) is 1. The van der Waals surface area contributed by atoms with Crippen molar-refractivity contribution < 1.29 is 4.79 Å². The predicted molar refractivity (Wildman–Crippen MR) is 86.3 cm³/mol. The molecular formula is C17H27N3O. The molecule has 4 heteroatoms. The Morgan fingerprint density at radius 3 is 2.86 bits per heavy atom.